The highest BCUT2D eigenvalue weighted by molar-refractivity contribution is 9.11. The Labute approximate surface area is 78.7 Å². The van der Waals surface area contributed by atoms with E-state index in [0.717, 1.165) is 5.71 Å². The molecule has 1 heterocycles. The molecule has 4 heteroatoms. The van der Waals surface area contributed by atoms with Gasteiger partial charge in [0.15, 0.2) is 0 Å². The zero-order chi connectivity index (χ0) is 8.43. The first-order chi connectivity index (χ1) is 5.15. The van der Waals surface area contributed by atoms with Crippen LogP contribution in [0.4, 0.5) is 0 Å². The standard InChI is InChI=1S/C7H5BrN2S/c1-4-2-6(11)5(3-9)7(8)10-4/h2H2,1H3. The number of nitriles is 1. The van der Waals surface area contributed by atoms with E-state index >= 15 is 0 Å². The summed E-state index contributed by atoms with van der Waals surface area (Å²) in [7, 11) is 0. The Morgan fingerprint density at radius 2 is 2.36 bits per heavy atom. The van der Waals surface area contributed by atoms with Crippen LogP contribution in [0.1, 0.15) is 13.3 Å². The number of hydrogen-bond donors (Lipinski definition) is 0. The summed E-state index contributed by atoms with van der Waals surface area (Å²) in [6.45, 7) is 1.89. The molecule has 0 saturated heterocycles. The summed E-state index contributed by atoms with van der Waals surface area (Å²) in [5.41, 5.74) is 1.44. The van der Waals surface area contributed by atoms with E-state index in [9.17, 15) is 0 Å². The molecule has 0 atom stereocenters. The second-order valence-corrected chi connectivity index (χ2v) is 3.47. The van der Waals surface area contributed by atoms with E-state index in [1.54, 1.807) is 0 Å². The van der Waals surface area contributed by atoms with Crippen molar-refractivity contribution in [1.29, 1.82) is 5.26 Å². The van der Waals surface area contributed by atoms with Gasteiger partial charge in [-0.2, -0.15) is 5.26 Å². The highest BCUT2D eigenvalue weighted by Crippen LogP contribution is 2.21. The number of thiocarbonyl (C=S) groups is 1. The van der Waals surface area contributed by atoms with E-state index in [1.807, 2.05) is 13.0 Å². The third kappa shape index (κ3) is 1.73. The van der Waals surface area contributed by atoms with Crippen molar-refractivity contribution in [3.8, 4) is 6.07 Å². The fourth-order valence-electron chi connectivity index (χ4n) is 0.807. The van der Waals surface area contributed by atoms with Gasteiger partial charge in [0.2, 0.25) is 0 Å². The van der Waals surface area contributed by atoms with Gasteiger partial charge in [-0.15, -0.1) is 0 Å². The first-order valence-corrected chi connectivity index (χ1v) is 4.22. The maximum Gasteiger partial charge on any atom is 0.124 e. The summed E-state index contributed by atoms with van der Waals surface area (Å²) in [4.78, 5) is 4.76. The van der Waals surface area contributed by atoms with E-state index in [1.165, 1.54) is 0 Å². The van der Waals surface area contributed by atoms with Crippen LogP contribution in [0.5, 0.6) is 0 Å². The van der Waals surface area contributed by atoms with Crippen LogP contribution in [0.3, 0.4) is 0 Å². The smallest absolute Gasteiger partial charge is 0.124 e. The molecule has 56 valence electrons. The number of halogens is 1. The van der Waals surface area contributed by atoms with Crippen molar-refractivity contribution in [3.63, 3.8) is 0 Å². The van der Waals surface area contributed by atoms with Gasteiger partial charge < -0.3 is 0 Å². The number of rotatable bonds is 0. The molecule has 0 saturated carbocycles. The summed E-state index contributed by atoms with van der Waals surface area (Å²) in [6, 6.07) is 2.01. The van der Waals surface area contributed by atoms with E-state index in [2.05, 4.69) is 20.9 Å². The van der Waals surface area contributed by atoms with Gasteiger partial charge in [-0.25, -0.2) is 4.99 Å². The zero-order valence-electron chi connectivity index (χ0n) is 5.89. The van der Waals surface area contributed by atoms with Crippen LogP contribution in [-0.4, -0.2) is 10.6 Å². The van der Waals surface area contributed by atoms with Crippen molar-refractivity contribution >= 4 is 38.7 Å². The monoisotopic (exact) mass is 228 g/mol. The minimum Gasteiger partial charge on any atom is -0.249 e. The molecule has 0 radical (unpaired) electrons. The minimum atomic E-state index is 0.491. The highest BCUT2D eigenvalue weighted by Gasteiger charge is 2.15. The van der Waals surface area contributed by atoms with Crippen LogP contribution >= 0.6 is 28.1 Å². The largest absolute Gasteiger partial charge is 0.249 e. The molecule has 0 unspecified atom stereocenters. The maximum atomic E-state index is 8.62. The summed E-state index contributed by atoms with van der Waals surface area (Å²) < 4.78 is 0.564. The molecule has 0 aromatic rings. The number of allylic oxidation sites excluding steroid dienone is 1. The summed E-state index contributed by atoms with van der Waals surface area (Å²) in [5.74, 6) is 0. The first-order valence-electron chi connectivity index (χ1n) is 3.02. The quantitative estimate of drug-likeness (QED) is 0.472. The lowest BCUT2D eigenvalue weighted by molar-refractivity contribution is 1.36. The summed E-state index contributed by atoms with van der Waals surface area (Å²) >= 11 is 8.17. The van der Waals surface area contributed by atoms with Gasteiger partial charge in [-0.3, -0.25) is 0 Å². The Bertz CT molecular complexity index is 309. The average molecular weight is 229 g/mol. The van der Waals surface area contributed by atoms with Crippen LogP contribution in [0, 0.1) is 11.3 Å². The maximum absolute atomic E-state index is 8.62. The van der Waals surface area contributed by atoms with Gasteiger partial charge in [0.05, 0.1) is 5.57 Å². The molecule has 1 aliphatic rings. The second-order valence-electron chi connectivity index (χ2n) is 2.22. The molecule has 0 aliphatic carbocycles. The number of aliphatic imine (C=N–C) groups is 1. The predicted octanol–water partition coefficient (Wildman–Crippen LogP) is 2.35. The predicted molar refractivity (Wildman–Crippen MR) is 51.9 cm³/mol. The molecule has 0 amide bonds. The summed E-state index contributed by atoms with van der Waals surface area (Å²) in [5, 5.41) is 8.62. The molecule has 11 heavy (non-hydrogen) atoms. The van der Waals surface area contributed by atoms with E-state index in [-0.39, 0.29) is 0 Å². The van der Waals surface area contributed by atoms with Gasteiger partial charge in [0.1, 0.15) is 10.7 Å². The van der Waals surface area contributed by atoms with Crippen LogP contribution in [0.25, 0.3) is 0 Å². The SMILES string of the molecule is CC1=NC(Br)=C(C#N)C(=S)C1. The van der Waals surface area contributed by atoms with Crippen LogP contribution in [0.2, 0.25) is 0 Å². The van der Waals surface area contributed by atoms with Gasteiger partial charge in [0, 0.05) is 17.0 Å². The molecule has 0 N–H and O–H groups in total. The third-order valence-corrected chi connectivity index (χ3v) is 2.22. The van der Waals surface area contributed by atoms with Gasteiger partial charge in [0.25, 0.3) is 0 Å². The Kier molecular flexibility index (Phi) is 2.53. The Morgan fingerprint density at radius 3 is 2.82 bits per heavy atom. The zero-order valence-corrected chi connectivity index (χ0v) is 8.29. The molecule has 2 nitrogen and oxygen atoms in total. The van der Waals surface area contributed by atoms with E-state index in [4.69, 9.17) is 17.5 Å². The summed E-state index contributed by atoms with van der Waals surface area (Å²) in [6.07, 6.45) is 0.632. The lowest BCUT2D eigenvalue weighted by atomic mass is 10.1. The van der Waals surface area contributed by atoms with Crippen molar-refractivity contribution in [3.05, 3.63) is 10.2 Å². The Balaban J connectivity index is 3.15. The minimum absolute atomic E-state index is 0.491. The fourth-order valence-corrected chi connectivity index (χ4v) is 1.92. The second kappa shape index (κ2) is 3.24. The third-order valence-electron chi connectivity index (χ3n) is 1.30. The van der Waals surface area contributed by atoms with Gasteiger partial charge in [-0.1, -0.05) is 12.2 Å². The van der Waals surface area contributed by atoms with Crippen molar-refractivity contribution in [2.24, 2.45) is 4.99 Å². The number of hydrogen-bond acceptors (Lipinski definition) is 3. The molecule has 1 rings (SSSR count). The van der Waals surface area contributed by atoms with Gasteiger partial charge >= 0.3 is 0 Å². The van der Waals surface area contributed by atoms with Crippen molar-refractivity contribution in [2.45, 2.75) is 13.3 Å². The average Bonchev–Trinajstić information content (AvgIpc) is 1.85. The molecule has 0 aromatic heterocycles. The fraction of sp³-hybridized carbons (Fsp3) is 0.286. The topological polar surface area (TPSA) is 36.1 Å². The van der Waals surface area contributed by atoms with Crippen molar-refractivity contribution < 1.29 is 0 Å². The van der Waals surface area contributed by atoms with Crippen LogP contribution in [0.15, 0.2) is 15.2 Å². The number of nitrogens with zero attached hydrogens (tertiary/aromatic N) is 2. The normalized spacial score (nSPS) is 17.9. The molecule has 0 spiro atoms. The van der Waals surface area contributed by atoms with E-state index in [0.29, 0.717) is 21.5 Å². The highest BCUT2D eigenvalue weighted by atomic mass is 79.9. The molecule has 0 fully saturated rings. The molecular weight excluding hydrogens is 224 g/mol. The molecule has 1 aliphatic heterocycles. The van der Waals surface area contributed by atoms with E-state index < -0.39 is 0 Å². The van der Waals surface area contributed by atoms with Crippen LogP contribution < -0.4 is 0 Å². The Hall–Kier alpha value is -0.530. The van der Waals surface area contributed by atoms with Crippen LogP contribution in [-0.2, 0) is 0 Å². The molecule has 0 aromatic carbocycles. The van der Waals surface area contributed by atoms with Crippen molar-refractivity contribution in [1.82, 2.24) is 0 Å². The molecular formula is C7H5BrN2S. The molecule has 0 bridgehead atoms. The lowest BCUT2D eigenvalue weighted by Gasteiger charge is -2.08. The Morgan fingerprint density at radius 1 is 1.73 bits per heavy atom. The van der Waals surface area contributed by atoms with Gasteiger partial charge in [-0.05, 0) is 22.9 Å². The first kappa shape index (κ1) is 8.57. The van der Waals surface area contributed by atoms with Crippen molar-refractivity contribution in [2.75, 3.05) is 0 Å². The lowest BCUT2D eigenvalue weighted by Crippen LogP contribution is -2.10.